The SMILES string of the molecule is CC1(C)O[C@H]2O[C@@H]([C@@H](COS(C)(=O)=O)OS(C)(=O)=O)[C@H](OS(C)(=O)=O)[C@H]2O1. The average Bonchev–Trinajstić information content (AvgIpc) is 2.84. The van der Waals surface area contributed by atoms with Crippen molar-refractivity contribution in [3.63, 3.8) is 0 Å². The van der Waals surface area contributed by atoms with Crippen LogP contribution in [-0.4, -0.2) is 87.1 Å². The Morgan fingerprint density at radius 2 is 1.52 bits per heavy atom. The maximum Gasteiger partial charge on any atom is 0.264 e. The molecule has 0 aromatic heterocycles. The van der Waals surface area contributed by atoms with Crippen molar-refractivity contribution < 1.29 is 52.0 Å². The van der Waals surface area contributed by atoms with Gasteiger partial charge in [-0.1, -0.05) is 0 Å². The van der Waals surface area contributed by atoms with Crippen LogP contribution in [0.1, 0.15) is 13.8 Å². The molecule has 0 N–H and O–H groups in total. The van der Waals surface area contributed by atoms with Gasteiger partial charge in [0.15, 0.2) is 12.1 Å². The quantitative estimate of drug-likeness (QED) is 0.393. The Balaban J connectivity index is 2.33. The van der Waals surface area contributed by atoms with E-state index in [4.69, 9.17) is 22.6 Å². The van der Waals surface area contributed by atoms with E-state index in [9.17, 15) is 25.3 Å². The summed E-state index contributed by atoms with van der Waals surface area (Å²) in [5.74, 6) is -1.10. The van der Waals surface area contributed by atoms with Gasteiger partial charge in [0.05, 0.1) is 25.4 Å². The molecule has 2 heterocycles. The lowest BCUT2D eigenvalue weighted by atomic mass is 10.1. The Morgan fingerprint density at radius 1 is 0.926 bits per heavy atom. The van der Waals surface area contributed by atoms with E-state index in [1.807, 2.05) is 0 Å². The van der Waals surface area contributed by atoms with Crippen molar-refractivity contribution >= 4 is 30.4 Å². The minimum Gasteiger partial charge on any atom is -0.341 e. The Bertz CT molecular complexity index is 859. The van der Waals surface area contributed by atoms with E-state index in [1.54, 1.807) is 13.8 Å². The highest BCUT2D eigenvalue weighted by Gasteiger charge is 2.59. The van der Waals surface area contributed by atoms with E-state index in [-0.39, 0.29) is 0 Å². The van der Waals surface area contributed by atoms with Crippen LogP contribution < -0.4 is 0 Å². The molecule has 2 rings (SSSR count). The molecular formula is C12H22O12S3. The Morgan fingerprint density at radius 3 is 2.00 bits per heavy atom. The van der Waals surface area contributed by atoms with Gasteiger partial charge >= 0.3 is 0 Å². The van der Waals surface area contributed by atoms with Crippen molar-refractivity contribution in [2.24, 2.45) is 0 Å². The molecular weight excluding hydrogens is 432 g/mol. The predicted octanol–water partition coefficient (Wildman–Crippen LogP) is -1.47. The summed E-state index contributed by atoms with van der Waals surface area (Å²) in [7, 11) is -12.0. The van der Waals surface area contributed by atoms with E-state index in [0.29, 0.717) is 0 Å². The van der Waals surface area contributed by atoms with Gasteiger partial charge in [-0.2, -0.15) is 25.3 Å². The van der Waals surface area contributed by atoms with Crippen molar-refractivity contribution in [2.75, 3.05) is 25.4 Å². The van der Waals surface area contributed by atoms with Gasteiger partial charge in [-0.05, 0) is 13.8 Å². The van der Waals surface area contributed by atoms with Crippen LogP contribution in [0.5, 0.6) is 0 Å². The van der Waals surface area contributed by atoms with Crippen LogP contribution in [0.25, 0.3) is 0 Å². The van der Waals surface area contributed by atoms with Crippen LogP contribution >= 0.6 is 0 Å². The standard InChI is InChI=1S/C12H22O12S3/c1-12(2)21-10-9(24-27(5,17)18)8(20-11(10)22-12)7(23-26(4,15)16)6-19-25(3,13)14/h7-11H,6H2,1-5H3/t7-,8+,9+,10-,11-/m1/s1. The van der Waals surface area contributed by atoms with Gasteiger partial charge in [0.1, 0.15) is 24.4 Å². The van der Waals surface area contributed by atoms with E-state index in [1.165, 1.54) is 0 Å². The van der Waals surface area contributed by atoms with Gasteiger partial charge < -0.3 is 14.2 Å². The van der Waals surface area contributed by atoms with Crippen LogP contribution in [0.4, 0.5) is 0 Å². The molecule has 0 radical (unpaired) electrons. The van der Waals surface area contributed by atoms with Gasteiger partial charge in [0.2, 0.25) is 0 Å². The van der Waals surface area contributed by atoms with Crippen molar-refractivity contribution in [3.05, 3.63) is 0 Å². The molecule has 0 saturated carbocycles. The molecule has 0 aliphatic carbocycles. The monoisotopic (exact) mass is 454 g/mol. The molecule has 0 amide bonds. The molecule has 0 aromatic carbocycles. The molecule has 0 unspecified atom stereocenters. The maximum atomic E-state index is 11.6. The molecule has 0 spiro atoms. The zero-order valence-electron chi connectivity index (χ0n) is 15.2. The summed E-state index contributed by atoms with van der Waals surface area (Å²) in [5.41, 5.74) is 0. The third-order valence-electron chi connectivity index (χ3n) is 3.42. The lowest BCUT2D eigenvalue weighted by Gasteiger charge is -2.29. The second kappa shape index (κ2) is 7.46. The van der Waals surface area contributed by atoms with Crippen molar-refractivity contribution in [1.29, 1.82) is 0 Å². The molecule has 0 bridgehead atoms. The van der Waals surface area contributed by atoms with E-state index >= 15 is 0 Å². The highest BCUT2D eigenvalue weighted by atomic mass is 32.2. The summed E-state index contributed by atoms with van der Waals surface area (Å²) in [4.78, 5) is 0. The molecule has 2 saturated heterocycles. The number of rotatable bonds is 8. The maximum absolute atomic E-state index is 11.6. The average molecular weight is 454 g/mol. The third-order valence-corrected chi connectivity index (χ3v) is 5.16. The molecule has 0 aromatic rings. The number of hydrogen-bond donors (Lipinski definition) is 0. The number of hydrogen-bond acceptors (Lipinski definition) is 12. The first-order valence-corrected chi connectivity index (χ1v) is 13.0. The zero-order valence-corrected chi connectivity index (χ0v) is 17.7. The Labute approximate surface area is 158 Å². The van der Waals surface area contributed by atoms with Crippen molar-refractivity contribution in [1.82, 2.24) is 0 Å². The Hall–Kier alpha value is -0.390. The molecule has 15 heteroatoms. The van der Waals surface area contributed by atoms with Crippen LogP contribution in [0.3, 0.4) is 0 Å². The van der Waals surface area contributed by atoms with Crippen LogP contribution in [-0.2, 0) is 57.1 Å². The fourth-order valence-electron chi connectivity index (χ4n) is 2.71. The molecule has 27 heavy (non-hydrogen) atoms. The van der Waals surface area contributed by atoms with Gasteiger partial charge in [0.25, 0.3) is 30.4 Å². The molecule has 2 aliphatic heterocycles. The summed E-state index contributed by atoms with van der Waals surface area (Å²) in [6, 6.07) is 0. The molecule has 2 aliphatic rings. The summed E-state index contributed by atoms with van der Waals surface area (Å²) < 4.78 is 100. The van der Waals surface area contributed by atoms with E-state index in [0.717, 1.165) is 18.8 Å². The minimum atomic E-state index is -4.08. The smallest absolute Gasteiger partial charge is 0.264 e. The van der Waals surface area contributed by atoms with Crippen molar-refractivity contribution in [3.8, 4) is 0 Å². The van der Waals surface area contributed by atoms with Gasteiger partial charge in [-0.25, -0.2) is 0 Å². The molecule has 5 atom stereocenters. The van der Waals surface area contributed by atoms with Gasteiger partial charge in [-0.3, -0.25) is 12.5 Å². The lowest BCUT2D eigenvalue weighted by Crippen LogP contribution is -2.47. The van der Waals surface area contributed by atoms with Crippen LogP contribution in [0, 0.1) is 0 Å². The molecule has 12 nitrogen and oxygen atoms in total. The summed E-state index contributed by atoms with van der Waals surface area (Å²) in [5, 5.41) is 0. The topological polar surface area (TPSA) is 158 Å². The largest absolute Gasteiger partial charge is 0.341 e. The third kappa shape index (κ3) is 6.86. The summed E-state index contributed by atoms with van der Waals surface area (Å²) >= 11 is 0. The first kappa shape index (κ1) is 22.9. The van der Waals surface area contributed by atoms with Gasteiger partial charge in [0, 0.05) is 0 Å². The minimum absolute atomic E-state index is 0.735. The first-order chi connectivity index (χ1) is 12.0. The second-order valence-corrected chi connectivity index (χ2v) is 11.5. The predicted molar refractivity (Wildman–Crippen MR) is 88.9 cm³/mol. The molecule has 160 valence electrons. The second-order valence-electron chi connectivity index (χ2n) is 6.66. The highest BCUT2D eigenvalue weighted by Crippen LogP contribution is 2.40. The fourth-order valence-corrected chi connectivity index (χ4v) is 4.33. The summed E-state index contributed by atoms with van der Waals surface area (Å²) in [6.45, 7) is 2.37. The Kier molecular flexibility index (Phi) is 6.32. The van der Waals surface area contributed by atoms with Crippen LogP contribution in [0.15, 0.2) is 0 Å². The molecule has 2 fully saturated rings. The number of fused-ring (bicyclic) bond motifs is 1. The number of ether oxygens (including phenoxy) is 3. The lowest BCUT2D eigenvalue weighted by molar-refractivity contribution is -0.222. The van der Waals surface area contributed by atoms with Crippen molar-refractivity contribution in [2.45, 2.75) is 50.3 Å². The van der Waals surface area contributed by atoms with E-state index < -0.39 is 73.5 Å². The zero-order chi connectivity index (χ0) is 20.8. The van der Waals surface area contributed by atoms with Gasteiger partial charge in [-0.15, -0.1) is 0 Å². The van der Waals surface area contributed by atoms with Crippen LogP contribution in [0.2, 0.25) is 0 Å². The highest BCUT2D eigenvalue weighted by molar-refractivity contribution is 7.86. The van der Waals surface area contributed by atoms with E-state index in [2.05, 4.69) is 4.18 Å². The first-order valence-electron chi connectivity index (χ1n) is 7.58. The normalized spacial score (nSPS) is 32.3. The summed E-state index contributed by atoms with van der Waals surface area (Å²) in [6.07, 6.45) is -4.10. The fraction of sp³-hybridized carbons (Fsp3) is 1.00.